The summed E-state index contributed by atoms with van der Waals surface area (Å²) in [5, 5.41) is 0. The summed E-state index contributed by atoms with van der Waals surface area (Å²) >= 11 is 0. The monoisotopic (exact) mass is 290 g/mol. The van der Waals surface area contributed by atoms with Gasteiger partial charge in [0.15, 0.2) is 5.78 Å². The van der Waals surface area contributed by atoms with Crippen LogP contribution in [0.25, 0.3) is 0 Å². The number of carbonyl (C=O) groups excluding carboxylic acids is 1. The Morgan fingerprint density at radius 3 is 2.40 bits per heavy atom. The van der Waals surface area contributed by atoms with E-state index in [2.05, 4.69) is 0 Å². The quantitative estimate of drug-likeness (QED) is 0.601. The van der Waals surface area contributed by atoms with Gasteiger partial charge in [0.05, 0.1) is 12.2 Å². The number of ketones is 1. The third kappa shape index (κ3) is 3.56. The molecule has 4 nitrogen and oxygen atoms in total. The van der Waals surface area contributed by atoms with E-state index in [0.29, 0.717) is 17.7 Å². The van der Waals surface area contributed by atoms with Gasteiger partial charge in [-0.3, -0.25) is 4.79 Å². The molecule has 0 spiro atoms. The molecule has 0 heterocycles. The first-order valence-electron chi connectivity index (χ1n) is 6.25. The Bertz CT molecular complexity index is 610. The average molecular weight is 290 g/mol. The van der Waals surface area contributed by atoms with Crippen LogP contribution in [0.2, 0.25) is 0 Å². The normalized spacial score (nSPS) is 11.8. The van der Waals surface area contributed by atoms with Gasteiger partial charge in [-0.25, -0.2) is 4.57 Å². The maximum atomic E-state index is 12.4. The predicted molar refractivity (Wildman–Crippen MR) is 77.6 cm³/mol. The predicted octanol–water partition coefficient (Wildman–Crippen LogP) is 3.72. The van der Waals surface area contributed by atoms with Gasteiger partial charge in [-0.15, -0.1) is 0 Å². The second-order valence-electron chi connectivity index (χ2n) is 3.98. The Morgan fingerprint density at radius 1 is 1.05 bits per heavy atom. The lowest BCUT2D eigenvalue weighted by Crippen LogP contribution is -2.03. The van der Waals surface area contributed by atoms with Crippen LogP contribution in [-0.2, 0) is 9.09 Å². The first kappa shape index (κ1) is 14.5. The van der Waals surface area contributed by atoms with Crippen LogP contribution in [0, 0.1) is 0 Å². The minimum absolute atomic E-state index is 0.174. The third-order valence-electron chi connectivity index (χ3n) is 2.62. The summed E-state index contributed by atoms with van der Waals surface area (Å²) in [7, 11) is -2.63. The van der Waals surface area contributed by atoms with Crippen LogP contribution in [0.1, 0.15) is 22.8 Å². The highest BCUT2D eigenvalue weighted by Crippen LogP contribution is 2.31. The highest BCUT2D eigenvalue weighted by Gasteiger charge is 2.15. The number of hydrogen-bond acceptors (Lipinski definition) is 4. The molecule has 2 rings (SSSR count). The van der Waals surface area contributed by atoms with E-state index in [0.717, 1.165) is 0 Å². The summed E-state index contributed by atoms with van der Waals surface area (Å²) in [6.45, 7) is 2.03. The molecule has 1 unspecified atom stereocenters. The van der Waals surface area contributed by atoms with Crippen LogP contribution in [0.5, 0.6) is 5.75 Å². The molecular formula is C15H15O4P. The molecular weight excluding hydrogens is 275 g/mol. The van der Waals surface area contributed by atoms with E-state index in [1.165, 1.54) is 0 Å². The minimum Gasteiger partial charge on any atom is -0.425 e. The molecule has 0 radical (unpaired) electrons. The van der Waals surface area contributed by atoms with Crippen LogP contribution >= 0.6 is 8.25 Å². The van der Waals surface area contributed by atoms with E-state index in [-0.39, 0.29) is 11.5 Å². The molecule has 0 fully saturated rings. The smallest absolute Gasteiger partial charge is 0.367 e. The van der Waals surface area contributed by atoms with Gasteiger partial charge in [0.1, 0.15) is 5.75 Å². The molecule has 0 aliphatic carbocycles. The fourth-order valence-corrected chi connectivity index (χ4v) is 2.38. The highest BCUT2D eigenvalue weighted by molar-refractivity contribution is 7.33. The lowest BCUT2D eigenvalue weighted by Gasteiger charge is -2.10. The largest absolute Gasteiger partial charge is 0.425 e. The Morgan fingerprint density at radius 2 is 1.70 bits per heavy atom. The summed E-state index contributed by atoms with van der Waals surface area (Å²) in [5.74, 6) is 0.103. The summed E-state index contributed by atoms with van der Waals surface area (Å²) in [6, 6.07) is 15.6. The van der Waals surface area contributed by atoms with E-state index in [4.69, 9.17) is 9.05 Å². The SMILES string of the molecule is CCO[PH](=O)Oc1ccccc1C(=O)c1ccccc1. The molecule has 0 N–H and O–H groups in total. The van der Waals surface area contributed by atoms with Crippen molar-refractivity contribution in [3.8, 4) is 5.75 Å². The van der Waals surface area contributed by atoms with Crippen molar-refractivity contribution in [3.63, 3.8) is 0 Å². The van der Waals surface area contributed by atoms with Crippen LogP contribution < -0.4 is 4.52 Å². The summed E-state index contributed by atoms with van der Waals surface area (Å²) in [5.41, 5.74) is 0.927. The Balaban J connectivity index is 2.28. The van der Waals surface area contributed by atoms with Gasteiger partial charge in [0, 0.05) is 5.56 Å². The maximum absolute atomic E-state index is 12.4. The van der Waals surface area contributed by atoms with Crippen LogP contribution in [0.3, 0.4) is 0 Å². The van der Waals surface area contributed by atoms with Crippen molar-refractivity contribution < 1.29 is 18.4 Å². The topological polar surface area (TPSA) is 52.6 Å². The van der Waals surface area contributed by atoms with Crippen molar-refractivity contribution >= 4 is 14.0 Å². The zero-order chi connectivity index (χ0) is 14.4. The molecule has 0 bridgehead atoms. The maximum Gasteiger partial charge on any atom is 0.367 e. The van der Waals surface area contributed by atoms with Gasteiger partial charge in [-0.05, 0) is 19.1 Å². The molecule has 0 saturated heterocycles. The van der Waals surface area contributed by atoms with Crippen molar-refractivity contribution in [2.45, 2.75) is 6.92 Å². The van der Waals surface area contributed by atoms with E-state index in [9.17, 15) is 9.36 Å². The fourth-order valence-electron chi connectivity index (χ4n) is 1.73. The average Bonchev–Trinajstić information content (AvgIpc) is 2.48. The van der Waals surface area contributed by atoms with Crippen molar-refractivity contribution in [1.82, 2.24) is 0 Å². The molecule has 0 aromatic heterocycles. The van der Waals surface area contributed by atoms with Gasteiger partial charge >= 0.3 is 8.25 Å². The Labute approximate surface area is 118 Å². The zero-order valence-corrected chi connectivity index (χ0v) is 12.0. The van der Waals surface area contributed by atoms with Crippen molar-refractivity contribution in [1.29, 1.82) is 0 Å². The molecule has 104 valence electrons. The molecule has 0 aliphatic rings. The molecule has 2 aromatic rings. The lowest BCUT2D eigenvalue weighted by molar-refractivity contribution is 0.103. The van der Waals surface area contributed by atoms with Crippen molar-refractivity contribution in [2.24, 2.45) is 0 Å². The van der Waals surface area contributed by atoms with Gasteiger partial charge < -0.3 is 9.05 Å². The number of rotatable bonds is 6. The van der Waals surface area contributed by atoms with Crippen molar-refractivity contribution in [2.75, 3.05) is 6.61 Å². The van der Waals surface area contributed by atoms with Crippen LogP contribution in [-0.4, -0.2) is 12.4 Å². The van der Waals surface area contributed by atoms with E-state index in [1.54, 1.807) is 55.5 Å². The van der Waals surface area contributed by atoms with Crippen molar-refractivity contribution in [3.05, 3.63) is 65.7 Å². The van der Waals surface area contributed by atoms with E-state index in [1.807, 2.05) is 6.07 Å². The number of benzene rings is 2. The standard InChI is InChI=1S/C15H15O4P/c1-2-18-20(17)19-14-11-7-6-10-13(14)15(16)12-8-4-3-5-9-12/h3-11,20H,2H2,1H3. The van der Waals surface area contributed by atoms with Gasteiger partial charge in [0.25, 0.3) is 0 Å². The van der Waals surface area contributed by atoms with Gasteiger partial charge in [-0.2, -0.15) is 0 Å². The summed E-state index contributed by atoms with van der Waals surface area (Å²) in [6.07, 6.45) is 0. The second-order valence-corrected chi connectivity index (χ2v) is 4.97. The van der Waals surface area contributed by atoms with Gasteiger partial charge in [0.2, 0.25) is 0 Å². The van der Waals surface area contributed by atoms with Gasteiger partial charge in [-0.1, -0.05) is 42.5 Å². The van der Waals surface area contributed by atoms with Crippen LogP contribution in [0.15, 0.2) is 54.6 Å². The molecule has 0 amide bonds. The van der Waals surface area contributed by atoms with E-state index < -0.39 is 8.25 Å². The first-order chi connectivity index (χ1) is 9.72. The van der Waals surface area contributed by atoms with Crippen LogP contribution in [0.4, 0.5) is 0 Å². The first-order valence-corrected chi connectivity index (χ1v) is 7.48. The minimum atomic E-state index is -2.63. The molecule has 0 saturated carbocycles. The number of para-hydroxylation sites is 1. The summed E-state index contributed by atoms with van der Waals surface area (Å²) < 4.78 is 21.7. The third-order valence-corrected chi connectivity index (χ3v) is 3.53. The Kier molecular flexibility index (Phi) is 5.10. The summed E-state index contributed by atoms with van der Waals surface area (Å²) in [4.78, 5) is 12.4. The lowest BCUT2D eigenvalue weighted by atomic mass is 10.0. The van der Waals surface area contributed by atoms with E-state index >= 15 is 0 Å². The number of carbonyl (C=O) groups is 1. The molecule has 0 aliphatic heterocycles. The second kappa shape index (κ2) is 7.04. The Hall–Kier alpha value is -1.90. The highest BCUT2D eigenvalue weighted by atomic mass is 31.1. The zero-order valence-electron chi connectivity index (χ0n) is 11.0. The number of hydrogen-bond donors (Lipinski definition) is 0. The fraction of sp³-hybridized carbons (Fsp3) is 0.133. The molecule has 1 atom stereocenters. The molecule has 20 heavy (non-hydrogen) atoms. The molecule has 5 heteroatoms. The molecule has 2 aromatic carbocycles.